The van der Waals surface area contributed by atoms with Crippen LogP contribution in [0.4, 0.5) is 18.9 Å². The number of rotatable bonds is 5. The zero-order chi connectivity index (χ0) is 25.3. The van der Waals surface area contributed by atoms with Gasteiger partial charge in [-0.1, -0.05) is 18.2 Å². The Kier molecular flexibility index (Phi) is 5.92. The number of nitriles is 1. The molecular formula is C23H16F3N7O2. The molecule has 4 rings (SSSR count). The molecule has 0 atom stereocenters. The van der Waals surface area contributed by atoms with E-state index in [4.69, 9.17) is 5.73 Å². The third-order valence-electron chi connectivity index (χ3n) is 5.28. The predicted molar refractivity (Wildman–Crippen MR) is 118 cm³/mol. The van der Waals surface area contributed by atoms with Crippen LogP contribution in [0.3, 0.4) is 0 Å². The molecule has 0 aliphatic rings. The molecule has 3 heterocycles. The van der Waals surface area contributed by atoms with Crippen LogP contribution in [0.25, 0.3) is 10.9 Å². The van der Waals surface area contributed by atoms with Crippen molar-refractivity contribution in [3.63, 3.8) is 0 Å². The van der Waals surface area contributed by atoms with Crippen molar-refractivity contribution >= 4 is 28.4 Å². The number of fused-ring (bicyclic) bond motifs is 1. The van der Waals surface area contributed by atoms with E-state index >= 15 is 0 Å². The van der Waals surface area contributed by atoms with Crippen molar-refractivity contribution in [2.24, 2.45) is 5.73 Å². The van der Waals surface area contributed by atoms with Crippen LogP contribution in [-0.4, -0.2) is 31.6 Å². The van der Waals surface area contributed by atoms with Gasteiger partial charge in [0.1, 0.15) is 11.8 Å². The number of para-hydroxylation sites is 1. The highest BCUT2D eigenvalue weighted by Gasteiger charge is 2.39. The Morgan fingerprint density at radius 1 is 1.23 bits per heavy atom. The molecular weight excluding hydrogens is 463 g/mol. The third kappa shape index (κ3) is 4.51. The van der Waals surface area contributed by atoms with E-state index in [2.05, 4.69) is 20.4 Å². The summed E-state index contributed by atoms with van der Waals surface area (Å²) in [5, 5.41) is 15.5. The normalized spacial score (nSPS) is 11.3. The summed E-state index contributed by atoms with van der Waals surface area (Å²) < 4.78 is 42.4. The average Bonchev–Trinajstić information content (AvgIpc) is 3.14. The van der Waals surface area contributed by atoms with E-state index in [1.54, 1.807) is 24.3 Å². The Hall–Kier alpha value is -4.79. The predicted octanol–water partition coefficient (Wildman–Crippen LogP) is 3.42. The number of nitrogens with one attached hydrogen (secondary N) is 1. The first-order valence-electron chi connectivity index (χ1n) is 10.1. The molecule has 35 heavy (non-hydrogen) atoms. The fourth-order valence-electron chi connectivity index (χ4n) is 3.54. The number of nitrogens with zero attached hydrogens (tertiary/aromatic N) is 5. The van der Waals surface area contributed by atoms with Gasteiger partial charge >= 0.3 is 6.18 Å². The number of pyridine rings is 2. The molecule has 2 amide bonds. The highest BCUT2D eigenvalue weighted by molar-refractivity contribution is 6.10. The summed E-state index contributed by atoms with van der Waals surface area (Å²) in [5.41, 5.74) is 4.12. The molecule has 0 aliphatic carbocycles. The number of hydrogen-bond donors (Lipinski definition) is 2. The summed E-state index contributed by atoms with van der Waals surface area (Å²) >= 11 is 0. The maximum absolute atomic E-state index is 13.8. The Bertz CT molecular complexity index is 1520. The van der Waals surface area contributed by atoms with Gasteiger partial charge in [0, 0.05) is 17.8 Å². The number of alkyl halides is 3. The number of halogens is 3. The van der Waals surface area contributed by atoms with Crippen LogP contribution in [0.5, 0.6) is 0 Å². The number of carbonyl (C=O) groups is 2. The quantitative estimate of drug-likeness (QED) is 0.450. The Morgan fingerprint density at radius 3 is 2.66 bits per heavy atom. The van der Waals surface area contributed by atoms with Crippen molar-refractivity contribution in [2.45, 2.75) is 19.6 Å². The summed E-state index contributed by atoms with van der Waals surface area (Å²) in [6.45, 7) is 1.20. The number of primary amides is 1. The van der Waals surface area contributed by atoms with Crippen LogP contribution < -0.4 is 11.1 Å². The third-order valence-corrected chi connectivity index (χ3v) is 5.28. The number of hydrogen-bond acceptors (Lipinski definition) is 6. The van der Waals surface area contributed by atoms with E-state index < -0.39 is 29.4 Å². The van der Waals surface area contributed by atoms with Crippen LogP contribution in [0.1, 0.15) is 43.4 Å². The van der Waals surface area contributed by atoms with Crippen LogP contribution >= 0.6 is 0 Å². The van der Waals surface area contributed by atoms with E-state index in [0.717, 1.165) is 10.7 Å². The van der Waals surface area contributed by atoms with Crippen LogP contribution in [0.15, 0.2) is 48.8 Å². The smallest absolute Gasteiger partial charge is 0.366 e. The standard InChI is InChI=1S/C23H16F3N7O2/c1-12-19(20(23(24,25)26)32-33(12)11-13-6-7-29-10-14(13)9-27)31-22(35)18-8-16(21(28)34)15-4-2-3-5-17(15)30-18/h2-8,10H,11H2,1H3,(H2,28,34)(H,31,35). The lowest BCUT2D eigenvalue weighted by Crippen LogP contribution is -2.19. The van der Waals surface area contributed by atoms with E-state index in [-0.39, 0.29) is 34.6 Å². The number of benzene rings is 1. The molecule has 0 bridgehead atoms. The molecule has 0 radical (unpaired) electrons. The summed E-state index contributed by atoms with van der Waals surface area (Å²) in [5.74, 6) is -1.80. The van der Waals surface area contributed by atoms with E-state index in [1.165, 1.54) is 25.4 Å². The van der Waals surface area contributed by atoms with E-state index in [0.29, 0.717) is 10.9 Å². The molecule has 176 valence electrons. The van der Waals surface area contributed by atoms with Gasteiger partial charge in [-0.05, 0) is 30.7 Å². The first-order chi connectivity index (χ1) is 16.6. The monoisotopic (exact) mass is 479 g/mol. The maximum atomic E-state index is 13.8. The lowest BCUT2D eigenvalue weighted by atomic mass is 10.1. The lowest BCUT2D eigenvalue weighted by Gasteiger charge is -2.11. The number of anilines is 1. The zero-order valence-electron chi connectivity index (χ0n) is 18.1. The molecule has 0 unspecified atom stereocenters. The molecule has 12 heteroatoms. The van der Waals surface area contributed by atoms with Crippen molar-refractivity contribution in [2.75, 3.05) is 5.32 Å². The molecule has 0 fully saturated rings. The lowest BCUT2D eigenvalue weighted by molar-refractivity contribution is -0.140. The minimum Gasteiger partial charge on any atom is -0.366 e. The minimum absolute atomic E-state index is 0.00212. The fraction of sp³-hybridized carbons (Fsp3) is 0.130. The molecule has 9 nitrogen and oxygen atoms in total. The van der Waals surface area contributed by atoms with Gasteiger partial charge in [-0.2, -0.15) is 23.5 Å². The van der Waals surface area contributed by atoms with E-state index in [9.17, 15) is 28.0 Å². The Morgan fingerprint density at radius 2 is 1.97 bits per heavy atom. The topological polar surface area (TPSA) is 140 Å². The summed E-state index contributed by atoms with van der Waals surface area (Å²) in [7, 11) is 0. The second-order valence-electron chi connectivity index (χ2n) is 7.50. The second-order valence-corrected chi connectivity index (χ2v) is 7.50. The first-order valence-corrected chi connectivity index (χ1v) is 10.1. The van der Waals surface area contributed by atoms with Gasteiger partial charge < -0.3 is 11.1 Å². The maximum Gasteiger partial charge on any atom is 0.437 e. The fourth-order valence-corrected chi connectivity index (χ4v) is 3.54. The van der Waals surface area contributed by atoms with Crippen LogP contribution in [0.2, 0.25) is 0 Å². The van der Waals surface area contributed by atoms with E-state index in [1.807, 2.05) is 6.07 Å². The minimum atomic E-state index is -4.88. The van der Waals surface area contributed by atoms with Gasteiger partial charge in [0.05, 0.1) is 34.6 Å². The first kappa shape index (κ1) is 23.4. The van der Waals surface area contributed by atoms with Gasteiger partial charge in [-0.25, -0.2) is 4.98 Å². The molecule has 0 saturated carbocycles. The van der Waals surface area contributed by atoms with Crippen LogP contribution in [-0.2, 0) is 12.7 Å². The van der Waals surface area contributed by atoms with Crippen molar-refractivity contribution in [1.82, 2.24) is 19.7 Å². The van der Waals surface area contributed by atoms with Crippen molar-refractivity contribution in [1.29, 1.82) is 5.26 Å². The highest BCUT2D eigenvalue weighted by Crippen LogP contribution is 2.36. The second kappa shape index (κ2) is 8.86. The molecule has 1 aromatic carbocycles. The highest BCUT2D eigenvalue weighted by atomic mass is 19.4. The summed E-state index contributed by atoms with van der Waals surface area (Å²) in [6.07, 6.45) is -2.18. The molecule has 3 N–H and O–H groups in total. The van der Waals surface area contributed by atoms with Gasteiger partial charge in [0.2, 0.25) is 5.91 Å². The van der Waals surface area contributed by atoms with Gasteiger partial charge in [-0.15, -0.1) is 0 Å². The number of nitrogens with two attached hydrogens (primary N) is 1. The van der Waals surface area contributed by atoms with Gasteiger partial charge in [0.15, 0.2) is 5.69 Å². The average molecular weight is 479 g/mol. The molecule has 0 spiro atoms. The summed E-state index contributed by atoms with van der Waals surface area (Å²) in [4.78, 5) is 32.8. The SMILES string of the molecule is Cc1c(NC(=O)c2cc(C(N)=O)c3ccccc3n2)c(C(F)(F)F)nn1Cc1ccncc1C#N. The Balaban J connectivity index is 1.76. The summed E-state index contributed by atoms with van der Waals surface area (Å²) in [6, 6.07) is 11.0. The molecule has 0 saturated heterocycles. The van der Waals surface area contributed by atoms with Gasteiger partial charge in [-0.3, -0.25) is 19.3 Å². The van der Waals surface area contributed by atoms with Crippen LogP contribution in [0, 0.1) is 18.3 Å². The zero-order valence-corrected chi connectivity index (χ0v) is 18.1. The molecule has 0 aliphatic heterocycles. The molecule has 4 aromatic rings. The Labute approximate surface area is 196 Å². The largest absolute Gasteiger partial charge is 0.437 e. The molecule has 3 aromatic heterocycles. The number of carbonyl (C=O) groups excluding carboxylic acids is 2. The van der Waals surface area contributed by atoms with Crippen molar-refractivity contribution in [3.05, 3.63) is 82.6 Å². The number of amides is 2. The number of aromatic nitrogens is 4. The van der Waals surface area contributed by atoms with Gasteiger partial charge in [0.25, 0.3) is 5.91 Å². The van der Waals surface area contributed by atoms with Crippen molar-refractivity contribution < 1.29 is 22.8 Å². The van der Waals surface area contributed by atoms with Crippen molar-refractivity contribution in [3.8, 4) is 6.07 Å².